The molecule has 2 unspecified atom stereocenters. The van der Waals surface area contributed by atoms with Gasteiger partial charge in [0.15, 0.2) is 0 Å². The van der Waals surface area contributed by atoms with Crippen molar-refractivity contribution in [2.75, 3.05) is 39.3 Å². The summed E-state index contributed by atoms with van der Waals surface area (Å²) in [6.07, 6.45) is 0.985. The van der Waals surface area contributed by atoms with E-state index in [0.29, 0.717) is 32.1 Å². The van der Waals surface area contributed by atoms with Gasteiger partial charge in [-0.25, -0.2) is 0 Å². The number of hydrogen-bond donors (Lipinski definition) is 1. The molecule has 2 atom stereocenters. The van der Waals surface area contributed by atoms with Crippen LogP contribution < -0.4 is 5.32 Å². The van der Waals surface area contributed by atoms with E-state index in [0.717, 1.165) is 19.5 Å². The van der Waals surface area contributed by atoms with Crippen molar-refractivity contribution >= 4 is 11.8 Å². The number of piperazine rings is 1. The number of carbonyl (C=O) groups is 2. The molecule has 0 bridgehead atoms. The third kappa shape index (κ3) is 3.02. The lowest BCUT2D eigenvalue weighted by Gasteiger charge is -2.37. The Kier molecular flexibility index (Phi) is 4.22. The SMILES string of the molecule is CC(=O)N1CCN(C(=O)C2CNCC(C)C2)CC1. The molecule has 2 fully saturated rings. The fraction of sp³-hybridized carbons (Fsp3) is 0.846. The van der Waals surface area contributed by atoms with Crippen molar-refractivity contribution in [1.29, 1.82) is 0 Å². The van der Waals surface area contributed by atoms with Gasteiger partial charge in [0.2, 0.25) is 11.8 Å². The average molecular weight is 253 g/mol. The summed E-state index contributed by atoms with van der Waals surface area (Å²) in [5.41, 5.74) is 0. The summed E-state index contributed by atoms with van der Waals surface area (Å²) >= 11 is 0. The monoisotopic (exact) mass is 253 g/mol. The van der Waals surface area contributed by atoms with E-state index in [-0.39, 0.29) is 17.7 Å². The normalized spacial score (nSPS) is 29.2. The standard InChI is InChI=1S/C13H23N3O2/c1-10-7-12(9-14-8-10)13(18)16-5-3-15(4-6-16)11(2)17/h10,12,14H,3-9H2,1-2H3. The maximum atomic E-state index is 12.4. The number of hydrogen-bond acceptors (Lipinski definition) is 3. The van der Waals surface area contributed by atoms with Crippen LogP contribution in [0.1, 0.15) is 20.3 Å². The van der Waals surface area contributed by atoms with E-state index in [9.17, 15) is 9.59 Å². The van der Waals surface area contributed by atoms with Crippen molar-refractivity contribution in [2.24, 2.45) is 11.8 Å². The lowest BCUT2D eigenvalue weighted by molar-refractivity contribution is -0.142. The molecule has 5 heteroatoms. The Morgan fingerprint density at radius 3 is 2.22 bits per heavy atom. The highest BCUT2D eigenvalue weighted by atomic mass is 16.2. The van der Waals surface area contributed by atoms with Gasteiger partial charge in [-0.1, -0.05) is 6.92 Å². The molecular formula is C13H23N3O2. The summed E-state index contributed by atoms with van der Waals surface area (Å²) in [5, 5.41) is 3.32. The predicted octanol–water partition coefficient (Wildman–Crippen LogP) is -0.0773. The Hall–Kier alpha value is -1.10. The minimum Gasteiger partial charge on any atom is -0.339 e. The second kappa shape index (κ2) is 5.69. The molecule has 0 aromatic carbocycles. The molecule has 0 aromatic heterocycles. The van der Waals surface area contributed by atoms with Crippen LogP contribution >= 0.6 is 0 Å². The van der Waals surface area contributed by atoms with Crippen LogP contribution in [0.2, 0.25) is 0 Å². The van der Waals surface area contributed by atoms with Gasteiger partial charge in [0.25, 0.3) is 0 Å². The first-order valence-electron chi connectivity index (χ1n) is 6.83. The van der Waals surface area contributed by atoms with Crippen molar-refractivity contribution in [2.45, 2.75) is 20.3 Å². The van der Waals surface area contributed by atoms with E-state index in [2.05, 4.69) is 12.2 Å². The molecule has 2 aliphatic heterocycles. The third-order valence-electron chi connectivity index (χ3n) is 3.96. The molecule has 5 nitrogen and oxygen atoms in total. The number of nitrogens with zero attached hydrogens (tertiary/aromatic N) is 2. The molecule has 2 saturated heterocycles. The van der Waals surface area contributed by atoms with E-state index in [4.69, 9.17) is 0 Å². The van der Waals surface area contributed by atoms with Gasteiger partial charge in [-0.05, 0) is 18.9 Å². The highest BCUT2D eigenvalue weighted by molar-refractivity contribution is 5.80. The van der Waals surface area contributed by atoms with Crippen molar-refractivity contribution < 1.29 is 9.59 Å². The second-order valence-electron chi connectivity index (χ2n) is 5.53. The van der Waals surface area contributed by atoms with Crippen molar-refractivity contribution in [3.8, 4) is 0 Å². The van der Waals surface area contributed by atoms with Gasteiger partial charge in [0, 0.05) is 39.6 Å². The van der Waals surface area contributed by atoms with Gasteiger partial charge in [0.1, 0.15) is 0 Å². The number of carbonyl (C=O) groups excluding carboxylic acids is 2. The van der Waals surface area contributed by atoms with Crippen molar-refractivity contribution in [3.05, 3.63) is 0 Å². The minimum atomic E-state index is 0.107. The summed E-state index contributed by atoms with van der Waals surface area (Å²) in [6.45, 7) is 8.31. The van der Waals surface area contributed by atoms with Crippen LogP contribution in [-0.4, -0.2) is 60.9 Å². The number of piperidine rings is 1. The lowest BCUT2D eigenvalue weighted by atomic mass is 9.90. The summed E-state index contributed by atoms with van der Waals surface area (Å²) < 4.78 is 0. The average Bonchev–Trinajstić information content (AvgIpc) is 2.38. The fourth-order valence-electron chi connectivity index (χ4n) is 2.84. The quantitative estimate of drug-likeness (QED) is 0.711. The smallest absolute Gasteiger partial charge is 0.227 e. The molecule has 1 N–H and O–H groups in total. The maximum absolute atomic E-state index is 12.4. The van der Waals surface area contributed by atoms with Gasteiger partial charge >= 0.3 is 0 Å². The van der Waals surface area contributed by atoms with Crippen LogP contribution in [-0.2, 0) is 9.59 Å². The molecule has 2 heterocycles. The zero-order chi connectivity index (χ0) is 13.1. The van der Waals surface area contributed by atoms with E-state index < -0.39 is 0 Å². The molecule has 2 rings (SSSR count). The van der Waals surface area contributed by atoms with Gasteiger partial charge in [-0.2, -0.15) is 0 Å². The van der Waals surface area contributed by atoms with Crippen molar-refractivity contribution in [1.82, 2.24) is 15.1 Å². The molecule has 102 valence electrons. The highest BCUT2D eigenvalue weighted by Crippen LogP contribution is 2.19. The van der Waals surface area contributed by atoms with E-state index in [1.807, 2.05) is 9.80 Å². The van der Waals surface area contributed by atoms with Gasteiger partial charge in [-0.3, -0.25) is 9.59 Å². The van der Waals surface area contributed by atoms with Crippen LogP contribution in [0, 0.1) is 11.8 Å². The fourth-order valence-corrected chi connectivity index (χ4v) is 2.84. The Bertz CT molecular complexity index is 324. The van der Waals surface area contributed by atoms with Gasteiger partial charge in [-0.15, -0.1) is 0 Å². The largest absolute Gasteiger partial charge is 0.339 e. The summed E-state index contributed by atoms with van der Waals surface area (Å²) in [5.74, 6) is 1.07. The van der Waals surface area contributed by atoms with Crippen LogP contribution in [0.15, 0.2) is 0 Å². The van der Waals surface area contributed by atoms with E-state index >= 15 is 0 Å². The summed E-state index contributed by atoms with van der Waals surface area (Å²) in [4.78, 5) is 27.3. The van der Waals surface area contributed by atoms with E-state index in [1.54, 1.807) is 6.92 Å². The van der Waals surface area contributed by atoms with E-state index in [1.165, 1.54) is 0 Å². The molecule has 0 spiro atoms. The van der Waals surface area contributed by atoms with Crippen LogP contribution in [0.3, 0.4) is 0 Å². The molecular weight excluding hydrogens is 230 g/mol. The number of nitrogens with one attached hydrogen (secondary N) is 1. The first kappa shape index (κ1) is 13.3. The molecule has 18 heavy (non-hydrogen) atoms. The van der Waals surface area contributed by atoms with Crippen LogP contribution in [0.25, 0.3) is 0 Å². The predicted molar refractivity (Wildman–Crippen MR) is 69.0 cm³/mol. The Morgan fingerprint density at radius 2 is 1.67 bits per heavy atom. The summed E-state index contributed by atoms with van der Waals surface area (Å²) in [6, 6.07) is 0. The Morgan fingerprint density at radius 1 is 1.06 bits per heavy atom. The zero-order valence-corrected chi connectivity index (χ0v) is 11.3. The molecule has 0 saturated carbocycles. The molecule has 0 aliphatic carbocycles. The van der Waals surface area contributed by atoms with Crippen LogP contribution in [0.5, 0.6) is 0 Å². The topological polar surface area (TPSA) is 52.7 Å². The van der Waals surface area contributed by atoms with Gasteiger partial charge < -0.3 is 15.1 Å². The van der Waals surface area contributed by atoms with Crippen molar-refractivity contribution in [3.63, 3.8) is 0 Å². The molecule has 0 radical (unpaired) electrons. The molecule has 0 aromatic rings. The van der Waals surface area contributed by atoms with Gasteiger partial charge in [0.05, 0.1) is 5.92 Å². The Labute approximate surface area is 108 Å². The Balaban J connectivity index is 1.85. The molecule has 2 amide bonds. The molecule has 2 aliphatic rings. The number of amides is 2. The number of rotatable bonds is 1. The zero-order valence-electron chi connectivity index (χ0n) is 11.3. The first-order chi connectivity index (χ1) is 8.58. The second-order valence-corrected chi connectivity index (χ2v) is 5.53. The van der Waals surface area contributed by atoms with Crippen LogP contribution in [0.4, 0.5) is 0 Å². The third-order valence-corrected chi connectivity index (χ3v) is 3.96. The first-order valence-corrected chi connectivity index (χ1v) is 6.83. The maximum Gasteiger partial charge on any atom is 0.227 e. The lowest BCUT2D eigenvalue weighted by Crippen LogP contribution is -2.53. The minimum absolute atomic E-state index is 0.107. The summed E-state index contributed by atoms with van der Waals surface area (Å²) in [7, 11) is 0. The highest BCUT2D eigenvalue weighted by Gasteiger charge is 2.30.